The zero-order chi connectivity index (χ0) is 14.1. The van der Waals surface area contributed by atoms with Gasteiger partial charge in [0.2, 0.25) is 5.88 Å². The second-order valence-electron chi connectivity index (χ2n) is 3.95. The summed E-state index contributed by atoms with van der Waals surface area (Å²) in [6.07, 6.45) is 4.89. The van der Waals surface area contributed by atoms with E-state index in [1.165, 1.54) is 12.1 Å². The molecule has 20 heavy (non-hydrogen) atoms. The molecule has 7 heteroatoms. The number of hydrogen-bond acceptors (Lipinski definition) is 4. The zero-order valence-electron chi connectivity index (χ0n) is 10.0. The number of rotatable bonds is 3. The molecule has 3 aromatic rings. The van der Waals surface area contributed by atoms with Gasteiger partial charge in [-0.3, -0.25) is 0 Å². The van der Waals surface area contributed by atoms with Crippen LogP contribution in [0, 0.1) is 0 Å². The number of aromatic nitrogens is 3. The first-order valence-corrected chi connectivity index (χ1v) is 6.43. The Hall–Kier alpha value is -2.41. The number of benzene rings is 1. The van der Waals surface area contributed by atoms with Crippen LogP contribution in [0.3, 0.4) is 0 Å². The van der Waals surface area contributed by atoms with E-state index in [0.717, 1.165) is 0 Å². The van der Waals surface area contributed by atoms with Gasteiger partial charge < -0.3 is 9.84 Å². The first-order valence-electron chi connectivity index (χ1n) is 5.64. The Bertz CT molecular complexity index is 800. The predicted octanol–water partition coefficient (Wildman–Crippen LogP) is 2.98. The smallest absolute Gasteiger partial charge is 0.335 e. The van der Waals surface area contributed by atoms with Crippen LogP contribution in [-0.2, 0) is 0 Å². The van der Waals surface area contributed by atoms with Crippen LogP contribution >= 0.6 is 15.9 Å². The number of nitrogens with zero attached hydrogens (tertiary/aromatic N) is 3. The van der Waals surface area contributed by atoms with Gasteiger partial charge in [-0.25, -0.2) is 14.3 Å². The van der Waals surface area contributed by atoms with Gasteiger partial charge in [-0.05, 0) is 40.2 Å². The Kier molecular flexibility index (Phi) is 3.11. The third kappa shape index (κ3) is 2.23. The van der Waals surface area contributed by atoms with E-state index in [2.05, 4.69) is 26.0 Å². The summed E-state index contributed by atoms with van der Waals surface area (Å²) < 4.78 is 7.96. The van der Waals surface area contributed by atoms with Crippen LogP contribution in [0.5, 0.6) is 11.6 Å². The van der Waals surface area contributed by atoms with Crippen LogP contribution in [0.4, 0.5) is 0 Å². The maximum Gasteiger partial charge on any atom is 0.335 e. The standard InChI is InChI=1S/C13H8BrN3O3/c14-9-2-1-8(13(18)19)7-11(9)20-12-10-3-4-16-17(10)6-5-15-12/h1-7H,(H,18,19). The molecule has 0 aliphatic heterocycles. The van der Waals surface area contributed by atoms with Crippen molar-refractivity contribution in [1.29, 1.82) is 0 Å². The van der Waals surface area contributed by atoms with E-state index in [9.17, 15) is 4.79 Å². The summed E-state index contributed by atoms with van der Waals surface area (Å²) in [5, 5.41) is 13.1. The average Bonchev–Trinajstić information content (AvgIpc) is 2.90. The first-order chi connectivity index (χ1) is 9.65. The van der Waals surface area contributed by atoms with Crippen LogP contribution in [0.15, 0.2) is 47.3 Å². The predicted molar refractivity (Wildman–Crippen MR) is 74.2 cm³/mol. The SMILES string of the molecule is O=C(O)c1ccc(Br)c(Oc2nccn3nccc23)c1. The Morgan fingerprint density at radius 1 is 1.30 bits per heavy atom. The molecule has 0 saturated heterocycles. The molecule has 0 spiro atoms. The Balaban J connectivity index is 2.04. The first kappa shape index (κ1) is 12.6. The summed E-state index contributed by atoms with van der Waals surface area (Å²) >= 11 is 3.32. The van der Waals surface area contributed by atoms with E-state index >= 15 is 0 Å². The van der Waals surface area contributed by atoms with Crippen molar-refractivity contribution in [2.24, 2.45) is 0 Å². The van der Waals surface area contributed by atoms with Crippen molar-refractivity contribution in [2.45, 2.75) is 0 Å². The monoisotopic (exact) mass is 333 g/mol. The van der Waals surface area contributed by atoms with Crippen molar-refractivity contribution < 1.29 is 14.6 Å². The summed E-state index contributed by atoms with van der Waals surface area (Å²) in [7, 11) is 0. The number of hydrogen-bond donors (Lipinski definition) is 1. The fourth-order valence-electron chi connectivity index (χ4n) is 1.73. The summed E-state index contributed by atoms with van der Waals surface area (Å²) in [6, 6.07) is 6.31. The van der Waals surface area contributed by atoms with E-state index < -0.39 is 5.97 Å². The van der Waals surface area contributed by atoms with Gasteiger partial charge in [-0.2, -0.15) is 5.10 Å². The highest BCUT2D eigenvalue weighted by Gasteiger charge is 2.11. The molecule has 0 fully saturated rings. The van der Waals surface area contributed by atoms with Gasteiger partial charge in [0.15, 0.2) is 0 Å². The Morgan fingerprint density at radius 2 is 2.15 bits per heavy atom. The van der Waals surface area contributed by atoms with Crippen molar-refractivity contribution in [3.63, 3.8) is 0 Å². The van der Waals surface area contributed by atoms with E-state index in [-0.39, 0.29) is 5.56 Å². The summed E-state index contributed by atoms with van der Waals surface area (Å²) in [6.45, 7) is 0. The van der Waals surface area contributed by atoms with Crippen LogP contribution < -0.4 is 4.74 Å². The molecule has 0 saturated carbocycles. The summed E-state index contributed by atoms with van der Waals surface area (Å²) in [5.74, 6) is -0.280. The molecule has 1 aromatic carbocycles. The third-order valence-electron chi connectivity index (χ3n) is 2.67. The molecule has 0 aliphatic carbocycles. The number of ether oxygens (including phenoxy) is 1. The summed E-state index contributed by atoms with van der Waals surface area (Å²) in [5.41, 5.74) is 0.837. The minimum Gasteiger partial charge on any atom is -0.478 e. The van der Waals surface area contributed by atoms with Gasteiger partial charge in [-0.15, -0.1) is 0 Å². The molecule has 2 heterocycles. The second kappa shape index (κ2) is 4.93. The molecule has 1 N–H and O–H groups in total. The number of aromatic carboxylic acids is 1. The number of fused-ring (bicyclic) bond motifs is 1. The molecular weight excluding hydrogens is 326 g/mol. The molecule has 100 valence electrons. The molecular formula is C13H8BrN3O3. The highest BCUT2D eigenvalue weighted by atomic mass is 79.9. The van der Waals surface area contributed by atoms with Gasteiger partial charge in [0.1, 0.15) is 11.3 Å². The van der Waals surface area contributed by atoms with Crippen LogP contribution in [0.2, 0.25) is 0 Å². The second-order valence-corrected chi connectivity index (χ2v) is 4.80. The number of carbonyl (C=O) groups is 1. The molecule has 0 radical (unpaired) electrons. The zero-order valence-corrected chi connectivity index (χ0v) is 11.6. The van der Waals surface area contributed by atoms with Gasteiger partial charge in [0.05, 0.1) is 16.2 Å². The van der Waals surface area contributed by atoms with Crippen molar-refractivity contribution in [1.82, 2.24) is 14.6 Å². The van der Waals surface area contributed by atoms with Crippen LogP contribution in [0.25, 0.3) is 5.52 Å². The lowest BCUT2D eigenvalue weighted by Crippen LogP contribution is -1.98. The average molecular weight is 334 g/mol. The van der Waals surface area contributed by atoms with Crippen LogP contribution in [-0.4, -0.2) is 25.7 Å². The van der Waals surface area contributed by atoms with Crippen molar-refractivity contribution in [2.75, 3.05) is 0 Å². The molecule has 6 nitrogen and oxygen atoms in total. The molecule has 0 bridgehead atoms. The van der Waals surface area contributed by atoms with E-state index in [0.29, 0.717) is 21.6 Å². The molecule has 0 aliphatic rings. The molecule has 3 rings (SSSR count). The maximum absolute atomic E-state index is 11.0. The van der Waals surface area contributed by atoms with Crippen molar-refractivity contribution >= 4 is 27.4 Å². The minimum atomic E-state index is -1.02. The van der Waals surface area contributed by atoms with E-state index in [1.807, 2.05) is 0 Å². The summed E-state index contributed by atoms with van der Waals surface area (Å²) in [4.78, 5) is 15.1. The lowest BCUT2D eigenvalue weighted by Gasteiger charge is -2.08. The van der Waals surface area contributed by atoms with Gasteiger partial charge in [0, 0.05) is 12.4 Å². The van der Waals surface area contributed by atoms with Crippen molar-refractivity contribution in [3.8, 4) is 11.6 Å². The number of carboxylic acids is 1. The topological polar surface area (TPSA) is 76.7 Å². The lowest BCUT2D eigenvalue weighted by molar-refractivity contribution is 0.0696. The highest BCUT2D eigenvalue weighted by Crippen LogP contribution is 2.31. The molecule has 0 amide bonds. The molecule has 2 aromatic heterocycles. The van der Waals surface area contributed by atoms with Gasteiger partial charge >= 0.3 is 5.97 Å². The van der Waals surface area contributed by atoms with Crippen LogP contribution in [0.1, 0.15) is 10.4 Å². The highest BCUT2D eigenvalue weighted by molar-refractivity contribution is 9.10. The van der Waals surface area contributed by atoms with Gasteiger partial charge in [0.25, 0.3) is 0 Å². The van der Waals surface area contributed by atoms with Gasteiger partial charge in [-0.1, -0.05) is 0 Å². The lowest BCUT2D eigenvalue weighted by atomic mass is 10.2. The Labute approximate surface area is 121 Å². The number of halogens is 1. The normalized spacial score (nSPS) is 10.7. The fraction of sp³-hybridized carbons (Fsp3) is 0. The quantitative estimate of drug-likeness (QED) is 0.797. The Morgan fingerprint density at radius 3 is 2.95 bits per heavy atom. The largest absolute Gasteiger partial charge is 0.478 e. The number of carboxylic acid groups (broad SMARTS) is 1. The van der Waals surface area contributed by atoms with Crippen molar-refractivity contribution in [3.05, 3.63) is 52.9 Å². The molecule has 0 unspecified atom stereocenters. The fourth-order valence-corrected chi connectivity index (χ4v) is 2.06. The van der Waals surface area contributed by atoms with E-state index in [4.69, 9.17) is 9.84 Å². The maximum atomic E-state index is 11.0. The molecule has 0 atom stereocenters. The van der Waals surface area contributed by atoms with E-state index in [1.54, 1.807) is 35.2 Å². The third-order valence-corrected chi connectivity index (χ3v) is 3.33. The minimum absolute atomic E-state index is 0.142.